The van der Waals surface area contributed by atoms with Crippen molar-refractivity contribution in [3.05, 3.63) is 83.5 Å². The van der Waals surface area contributed by atoms with Gasteiger partial charge in [-0.05, 0) is 48.4 Å². The van der Waals surface area contributed by atoms with Gasteiger partial charge in [0.2, 0.25) is 11.8 Å². The van der Waals surface area contributed by atoms with Crippen molar-refractivity contribution in [2.45, 2.75) is 44.2 Å². The minimum Gasteiger partial charge on any atom is -0.474 e. The molecule has 1 N–H and O–H groups in total. The number of amides is 1. The minimum atomic E-state index is 0.0752. The number of rotatable bonds is 6. The largest absolute Gasteiger partial charge is 0.474 e. The quantitative estimate of drug-likeness (QED) is 0.576. The Hall–Kier alpha value is -2.85. The lowest BCUT2D eigenvalue weighted by molar-refractivity contribution is -0.121. The van der Waals surface area contributed by atoms with E-state index in [-0.39, 0.29) is 18.1 Å². The van der Waals surface area contributed by atoms with Crippen LogP contribution in [-0.2, 0) is 11.2 Å². The molecule has 0 aliphatic heterocycles. The molecule has 1 amide bonds. The molecule has 154 valence electrons. The van der Waals surface area contributed by atoms with E-state index in [2.05, 4.69) is 34.6 Å². The minimum absolute atomic E-state index is 0.0752. The fourth-order valence-electron chi connectivity index (χ4n) is 3.84. The van der Waals surface area contributed by atoms with Crippen molar-refractivity contribution < 1.29 is 9.53 Å². The number of pyridine rings is 1. The highest BCUT2D eigenvalue weighted by Gasteiger charge is 2.24. The van der Waals surface area contributed by atoms with Crippen molar-refractivity contribution in [2.75, 3.05) is 0 Å². The summed E-state index contributed by atoms with van der Waals surface area (Å²) in [5.74, 6) is 0.678. The second kappa shape index (κ2) is 9.77. The van der Waals surface area contributed by atoms with Gasteiger partial charge in [0.15, 0.2) is 0 Å². The van der Waals surface area contributed by atoms with Crippen molar-refractivity contribution in [3.63, 3.8) is 0 Å². The maximum absolute atomic E-state index is 12.5. The molecule has 5 heteroatoms. The molecule has 0 unspecified atom stereocenters. The van der Waals surface area contributed by atoms with Crippen LogP contribution in [-0.4, -0.2) is 23.0 Å². The number of ether oxygens (including phenoxy) is 1. The maximum Gasteiger partial charge on any atom is 0.224 e. The van der Waals surface area contributed by atoms with Gasteiger partial charge in [0.25, 0.3) is 0 Å². The second-order valence-electron chi connectivity index (χ2n) is 7.71. The van der Waals surface area contributed by atoms with E-state index in [1.807, 2.05) is 30.3 Å². The van der Waals surface area contributed by atoms with Gasteiger partial charge in [-0.15, -0.1) is 0 Å². The molecule has 1 fully saturated rings. The van der Waals surface area contributed by atoms with E-state index in [1.54, 1.807) is 18.3 Å². The molecule has 1 aromatic heterocycles. The standard InChI is InChI=1S/C25H25ClN2O2/c26-21-10-15-25(27-17-21)30-23-13-11-22(12-14-23)28-24(29)16-18-6-8-20(9-7-18)19-4-2-1-3-5-19/h1-10,15,17,22-23H,11-14,16H2,(H,28,29). The van der Waals surface area contributed by atoms with E-state index < -0.39 is 0 Å². The molecular weight excluding hydrogens is 396 g/mol. The molecule has 0 atom stereocenters. The molecule has 2 aromatic carbocycles. The fraction of sp³-hybridized carbons (Fsp3) is 0.280. The molecule has 0 radical (unpaired) electrons. The maximum atomic E-state index is 12.5. The fourth-order valence-corrected chi connectivity index (χ4v) is 3.95. The van der Waals surface area contributed by atoms with Gasteiger partial charge in [-0.25, -0.2) is 4.98 Å². The number of carbonyl (C=O) groups excluding carboxylic acids is 1. The molecule has 4 nitrogen and oxygen atoms in total. The Kier molecular flexibility index (Phi) is 6.65. The van der Waals surface area contributed by atoms with Crippen molar-refractivity contribution in [1.29, 1.82) is 0 Å². The van der Waals surface area contributed by atoms with Gasteiger partial charge in [0, 0.05) is 18.3 Å². The normalized spacial score (nSPS) is 18.6. The van der Waals surface area contributed by atoms with Crippen molar-refractivity contribution in [1.82, 2.24) is 10.3 Å². The Labute approximate surface area is 182 Å². The molecule has 0 bridgehead atoms. The van der Waals surface area contributed by atoms with E-state index in [4.69, 9.17) is 16.3 Å². The average molecular weight is 421 g/mol. The van der Waals surface area contributed by atoms with Gasteiger partial charge in [-0.2, -0.15) is 0 Å². The summed E-state index contributed by atoms with van der Waals surface area (Å²) in [7, 11) is 0. The van der Waals surface area contributed by atoms with Crippen LogP contribution in [0.15, 0.2) is 72.9 Å². The number of benzene rings is 2. The third-order valence-corrected chi connectivity index (χ3v) is 5.68. The van der Waals surface area contributed by atoms with Gasteiger partial charge in [0.1, 0.15) is 6.10 Å². The zero-order chi connectivity index (χ0) is 20.8. The van der Waals surface area contributed by atoms with Crippen LogP contribution in [0.4, 0.5) is 0 Å². The number of carbonyl (C=O) groups is 1. The summed E-state index contributed by atoms with van der Waals surface area (Å²) in [6, 6.07) is 22.2. The SMILES string of the molecule is O=C(Cc1ccc(-c2ccccc2)cc1)NC1CCC(Oc2ccc(Cl)cn2)CC1. The Balaban J connectivity index is 1.22. The first-order valence-corrected chi connectivity index (χ1v) is 10.8. The zero-order valence-electron chi connectivity index (χ0n) is 16.8. The van der Waals surface area contributed by atoms with Crippen LogP contribution in [0.25, 0.3) is 11.1 Å². The highest BCUT2D eigenvalue weighted by molar-refractivity contribution is 6.30. The molecule has 3 aromatic rings. The summed E-state index contributed by atoms with van der Waals surface area (Å²) in [5.41, 5.74) is 3.37. The smallest absolute Gasteiger partial charge is 0.224 e. The van der Waals surface area contributed by atoms with Crippen LogP contribution in [0.1, 0.15) is 31.2 Å². The topological polar surface area (TPSA) is 51.2 Å². The first-order valence-electron chi connectivity index (χ1n) is 10.4. The Morgan fingerprint density at radius 3 is 2.30 bits per heavy atom. The van der Waals surface area contributed by atoms with Crippen LogP contribution in [0.3, 0.4) is 0 Å². The number of aromatic nitrogens is 1. The summed E-state index contributed by atoms with van der Waals surface area (Å²) in [4.78, 5) is 16.7. The van der Waals surface area contributed by atoms with E-state index in [9.17, 15) is 4.79 Å². The van der Waals surface area contributed by atoms with Crippen molar-refractivity contribution >= 4 is 17.5 Å². The predicted octanol–water partition coefficient (Wildman–Crippen LogP) is 5.45. The van der Waals surface area contributed by atoms with E-state index >= 15 is 0 Å². The third-order valence-electron chi connectivity index (χ3n) is 5.45. The van der Waals surface area contributed by atoms with Crippen LogP contribution >= 0.6 is 11.6 Å². The Bertz CT molecular complexity index is 951. The Morgan fingerprint density at radius 2 is 1.63 bits per heavy atom. The van der Waals surface area contributed by atoms with Crippen LogP contribution in [0, 0.1) is 0 Å². The van der Waals surface area contributed by atoms with Crippen LogP contribution in [0.2, 0.25) is 5.02 Å². The van der Waals surface area contributed by atoms with E-state index in [0.29, 0.717) is 17.3 Å². The molecule has 0 saturated heterocycles. The van der Waals surface area contributed by atoms with Gasteiger partial charge >= 0.3 is 0 Å². The molecule has 1 aliphatic carbocycles. The molecular formula is C25H25ClN2O2. The molecule has 1 heterocycles. The van der Waals surface area contributed by atoms with Crippen molar-refractivity contribution in [2.24, 2.45) is 0 Å². The second-order valence-corrected chi connectivity index (χ2v) is 8.15. The molecule has 4 rings (SSSR count). The monoisotopic (exact) mass is 420 g/mol. The van der Waals surface area contributed by atoms with Gasteiger partial charge in [-0.3, -0.25) is 4.79 Å². The molecule has 1 aliphatic rings. The number of nitrogens with one attached hydrogen (secondary N) is 1. The lowest BCUT2D eigenvalue weighted by atomic mass is 9.92. The number of nitrogens with zero attached hydrogens (tertiary/aromatic N) is 1. The molecule has 1 saturated carbocycles. The summed E-state index contributed by atoms with van der Waals surface area (Å²) >= 11 is 5.86. The molecule has 0 spiro atoms. The van der Waals surface area contributed by atoms with Gasteiger partial charge < -0.3 is 10.1 Å². The number of halogens is 1. The average Bonchev–Trinajstić information content (AvgIpc) is 2.78. The summed E-state index contributed by atoms with van der Waals surface area (Å²) in [5, 5.41) is 3.78. The number of hydrogen-bond donors (Lipinski definition) is 1. The predicted molar refractivity (Wildman–Crippen MR) is 120 cm³/mol. The van der Waals surface area contributed by atoms with Gasteiger partial charge in [-0.1, -0.05) is 66.2 Å². The third kappa shape index (κ3) is 5.61. The first kappa shape index (κ1) is 20.4. The lowest BCUT2D eigenvalue weighted by Gasteiger charge is -2.29. The highest BCUT2D eigenvalue weighted by Crippen LogP contribution is 2.24. The summed E-state index contributed by atoms with van der Waals surface area (Å²) in [6.45, 7) is 0. The van der Waals surface area contributed by atoms with Gasteiger partial charge in [0.05, 0.1) is 11.4 Å². The van der Waals surface area contributed by atoms with Crippen LogP contribution < -0.4 is 10.1 Å². The first-order chi connectivity index (χ1) is 14.7. The van der Waals surface area contributed by atoms with E-state index in [0.717, 1.165) is 36.8 Å². The summed E-state index contributed by atoms with van der Waals surface area (Å²) < 4.78 is 5.92. The highest BCUT2D eigenvalue weighted by atomic mass is 35.5. The van der Waals surface area contributed by atoms with Crippen LogP contribution in [0.5, 0.6) is 5.88 Å². The molecule has 30 heavy (non-hydrogen) atoms. The Morgan fingerprint density at radius 1 is 0.933 bits per heavy atom. The zero-order valence-corrected chi connectivity index (χ0v) is 17.5. The summed E-state index contributed by atoms with van der Waals surface area (Å²) in [6.07, 6.45) is 5.77. The number of hydrogen-bond acceptors (Lipinski definition) is 3. The van der Waals surface area contributed by atoms with Crippen molar-refractivity contribution in [3.8, 4) is 17.0 Å². The van der Waals surface area contributed by atoms with E-state index in [1.165, 1.54) is 5.56 Å². The lowest BCUT2D eigenvalue weighted by Crippen LogP contribution is -2.40.